The van der Waals surface area contributed by atoms with E-state index in [1.165, 1.54) is 31.3 Å². The summed E-state index contributed by atoms with van der Waals surface area (Å²) in [5.74, 6) is -0.960. The second-order valence-electron chi connectivity index (χ2n) is 4.62. The molecule has 1 aliphatic heterocycles. The summed E-state index contributed by atoms with van der Waals surface area (Å²) < 4.78 is 18.4. The van der Waals surface area contributed by atoms with Gasteiger partial charge >= 0.3 is 0 Å². The van der Waals surface area contributed by atoms with Crippen molar-refractivity contribution in [3.8, 4) is 0 Å². The SMILES string of the molecule is CCO[C@@H]1C(=O)N(C)C(=O)C(=C=O)[C@H]1c1ccc(F)cc1. The Morgan fingerprint density at radius 3 is 2.43 bits per heavy atom. The smallest absolute Gasteiger partial charge is 0.268 e. The number of carbonyl (C=O) groups excluding carboxylic acids is 3. The molecule has 1 saturated heterocycles. The molecule has 2 amide bonds. The second kappa shape index (κ2) is 5.99. The van der Waals surface area contributed by atoms with E-state index in [9.17, 15) is 18.8 Å². The van der Waals surface area contributed by atoms with E-state index in [1.54, 1.807) is 12.9 Å². The molecule has 0 spiro atoms. The minimum Gasteiger partial charge on any atom is -0.368 e. The van der Waals surface area contributed by atoms with Gasteiger partial charge in [0, 0.05) is 13.7 Å². The van der Waals surface area contributed by atoms with E-state index in [-0.39, 0.29) is 12.2 Å². The number of halogens is 1. The molecule has 0 saturated carbocycles. The van der Waals surface area contributed by atoms with Crippen LogP contribution in [0.5, 0.6) is 0 Å². The van der Waals surface area contributed by atoms with Crippen molar-refractivity contribution in [2.45, 2.75) is 18.9 Å². The highest BCUT2D eigenvalue weighted by Gasteiger charge is 2.45. The molecule has 2 rings (SSSR count). The number of hydrogen-bond acceptors (Lipinski definition) is 4. The van der Waals surface area contributed by atoms with Gasteiger partial charge in [-0.3, -0.25) is 14.5 Å². The van der Waals surface area contributed by atoms with E-state index >= 15 is 0 Å². The average Bonchev–Trinajstić information content (AvgIpc) is 2.49. The van der Waals surface area contributed by atoms with Crippen molar-refractivity contribution in [1.29, 1.82) is 0 Å². The predicted molar refractivity (Wildman–Crippen MR) is 71.5 cm³/mol. The molecule has 0 aliphatic carbocycles. The third kappa shape index (κ3) is 2.63. The van der Waals surface area contributed by atoms with Crippen LogP contribution in [0.2, 0.25) is 0 Å². The Labute approximate surface area is 121 Å². The predicted octanol–water partition coefficient (Wildman–Crippen LogP) is 1.07. The lowest BCUT2D eigenvalue weighted by atomic mass is 9.82. The lowest BCUT2D eigenvalue weighted by Crippen LogP contribution is -2.51. The summed E-state index contributed by atoms with van der Waals surface area (Å²) in [5.41, 5.74) is 0.269. The van der Waals surface area contributed by atoms with Gasteiger partial charge in [0.25, 0.3) is 11.8 Å². The van der Waals surface area contributed by atoms with E-state index in [4.69, 9.17) is 4.74 Å². The van der Waals surface area contributed by atoms with E-state index in [1.807, 2.05) is 0 Å². The maximum Gasteiger partial charge on any atom is 0.268 e. The van der Waals surface area contributed by atoms with Gasteiger partial charge in [0.1, 0.15) is 23.4 Å². The molecule has 5 nitrogen and oxygen atoms in total. The summed E-state index contributed by atoms with van der Waals surface area (Å²) in [6.07, 6.45) is -1.00. The van der Waals surface area contributed by atoms with Gasteiger partial charge in [0.15, 0.2) is 0 Å². The fourth-order valence-corrected chi connectivity index (χ4v) is 2.36. The van der Waals surface area contributed by atoms with Crippen LogP contribution in [0.1, 0.15) is 18.4 Å². The van der Waals surface area contributed by atoms with Crippen LogP contribution in [0, 0.1) is 5.82 Å². The Kier molecular flexibility index (Phi) is 4.31. The molecule has 1 heterocycles. The molecule has 110 valence electrons. The van der Waals surface area contributed by atoms with Crippen LogP contribution in [0.25, 0.3) is 0 Å². The molecule has 0 N–H and O–H groups in total. The first kappa shape index (κ1) is 15.1. The van der Waals surface area contributed by atoms with Crippen LogP contribution in [0.4, 0.5) is 4.39 Å². The topological polar surface area (TPSA) is 63.7 Å². The van der Waals surface area contributed by atoms with Crippen molar-refractivity contribution in [3.05, 3.63) is 41.2 Å². The van der Waals surface area contributed by atoms with Crippen LogP contribution < -0.4 is 0 Å². The quantitative estimate of drug-likeness (QED) is 0.475. The molecular formula is C15H14FNO4. The maximum atomic E-state index is 13.0. The zero-order valence-electron chi connectivity index (χ0n) is 11.6. The first-order valence-electron chi connectivity index (χ1n) is 6.45. The second-order valence-corrected chi connectivity index (χ2v) is 4.62. The lowest BCUT2D eigenvalue weighted by Gasteiger charge is -2.34. The molecular weight excluding hydrogens is 277 g/mol. The minimum absolute atomic E-state index is 0.192. The van der Waals surface area contributed by atoms with Crippen LogP contribution in [0.15, 0.2) is 29.8 Å². The molecule has 1 fully saturated rings. The minimum atomic E-state index is -1.00. The number of piperidine rings is 1. The molecule has 0 unspecified atom stereocenters. The van der Waals surface area contributed by atoms with Crippen LogP contribution in [0.3, 0.4) is 0 Å². The van der Waals surface area contributed by atoms with Crippen molar-refractivity contribution in [3.63, 3.8) is 0 Å². The van der Waals surface area contributed by atoms with Crippen molar-refractivity contribution in [2.75, 3.05) is 13.7 Å². The fourth-order valence-electron chi connectivity index (χ4n) is 2.36. The average molecular weight is 291 g/mol. The number of rotatable bonds is 3. The summed E-state index contributed by atoms with van der Waals surface area (Å²) in [6, 6.07) is 5.26. The highest BCUT2D eigenvalue weighted by atomic mass is 19.1. The molecule has 6 heteroatoms. The first-order chi connectivity index (χ1) is 10.0. The van der Waals surface area contributed by atoms with Gasteiger partial charge in [-0.25, -0.2) is 9.18 Å². The Bertz CT molecular complexity index is 619. The number of likely N-dealkylation sites (N-methyl/N-ethyl adjacent to an activating group) is 1. The van der Waals surface area contributed by atoms with Gasteiger partial charge in [-0.05, 0) is 24.6 Å². The number of benzene rings is 1. The number of hydrogen-bond donors (Lipinski definition) is 0. The molecule has 0 aromatic heterocycles. The van der Waals surface area contributed by atoms with Crippen molar-refractivity contribution < 1.29 is 23.5 Å². The molecule has 0 bridgehead atoms. The van der Waals surface area contributed by atoms with Crippen LogP contribution >= 0.6 is 0 Å². The molecule has 1 aromatic carbocycles. The Hall–Kier alpha value is -2.30. The Morgan fingerprint density at radius 1 is 1.29 bits per heavy atom. The number of ether oxygens (including phenoxy) is 1. The van der Waals surface area contributed by atoms with Crippen molar-refractivity contribution in [2.24, 2.45) is 0 Å². The number of nitrogens with zero attached hydrogens (tertiary/aromatic N) is 1. The van der Waals surface area contributed by atoms with Gasteiger partial charge in [-0.2, -0.15) is 0 Å². The molecule has 1 aliphatic rings. The fraction of sp³-hybridized carbons (Fsp3) is 0.333. The van der Waals surface area contributed by atoms with E-state index in [2.05, 4.69) is 0 Å². The Morgan fingerprint density at radius 2 is 1.90 bits per heavy atom. The van der Waals surface area contributed by atoms with E-state index < -0.39 is 29.7 Å². The summed E-state index contributed by atoms with van der Waals surface area (Å²) in [4.78, 5) is 36.3. The summed E-state index contributed by atoms with van der Waals surface area (Å²) in [6.45, 7) is 1.94. The number of amides is 2. The van der Waals surface area contributed by atoms with Crippen LogP contribution in [-0.4, -0.2) is 42.4 Å². The van der Waals surface area contributed by atoms with E-state index in [0.717, 1.165) is 4.90 Å². The normalized spacial score (nSPS) is 22.4. The van der Waals surface area contributed by atoms with Gasteiger partial charge in [-0.1, -0.05) is 12.1 Å². The molecule has 21 heavy (non-hydrogen) atoms. The summed E-state index contributed by atoms with van der Waals surface area (Å²) >= 11 is 0. The van der Waals surface area contributed by atoms with Gasteiger partial charge < -0.3 is 4.74 Å². The Balaban J connectivity index is 2.54. The molecule has 0 radical (unpaired) electrons. The maximum absolute atomic E-state index is 13.0. The lowest BCUT2D eigenvalue weighted by molar-refractivity contribution is -0.154. The summed E-state index contributed by atoms with van der Waals surface area (Å²) in [7, 11) is 1.29. The van der Waals surface area contributed by atoms with E-state index in [0.29, 0.717) is 5.56 Å². The van der Waals surface area contributed by atoms with Crippen molar-refractivity contribution in [1.82, 2.24) is 4.90 Å². The first-order valence-corrected chi connectivity index (χ1v) is 6.45. The number of likely N-dealkylation sites (tertiary alicyclic amines) is 1. The largest absolute Gasteiger partial charge is 0.368 e. The highest BCUT2D eigenvalue weighted by Crippen LogP contribution is 2.34. The third-order valence-electron chi connectivity index (χ3n) is 3.41. The molecule has 1 aromatic rings. The standard InChI is InChI=1S/C15H14FNO4/c1-3-21-13-12(9-4-6-10(16)7-5-9)11(8-18)14(19)17(2)15(13)20/h4-7,12-13H,3H2,1-2H3/t12-,13+/m1/s1. The van der Waals surface area contributed by atoms with Gasteiger partial charge in [0.05, 0.1) is 5.92 Å². The number of carbonyl (C=O) groups is 2. The zero-order valence-corrected chi connectivity index (χ0v) is 11.6. The number of imide groups is 1. The highest BCUT2D eigenvalue weighted by molar-refractivity contribution is 6.14. The monoisotopic (exact) mass is 291 g/mol. The molecule has 2 atom stereocenters. The third-order valence-corrected chi connectivity index (χ3v) is 3.41. The van der Waals surface area contributed by atoms with Crippen LogP contribution in [-0.2, 0) is 19.1 Å². The van der Waals surface area contributed by atoms with Crippen molar-refractivity contribution >= 4 is 17.8 Å². The zero-order chi connectivity index (χ0) is 15.6. The van der Waals surface area contributed by atoms with Gasteiger partial charge in [-0.15, -0.1) is 0 Å². The van der Waals surface area contributed by atoms with Gasteiger partial charge in [0.2, 0.25) is 0 Å². The summed E-state index contributed by atoms with van der Waals surface area (Å²) in [5, 5.41) is 0.